The summed E-state index contributed by atoms with van der Waals surface area (Å²) in [6.45, 7) is 9.57. The number of esters is 2. The molecule has 8 heteroatoms. The number of aliphatic hydroxyl groups excluding tert-OH is 3. The normalized spacial score (nSPS) is 54.3. The van der Waals surface area contributed by atoms with Crippen LogP contribution in [0.15, 0.2) is 12.2 Å². The average molecular weight is 533 g/mol. The smallest absolute Gasteiger partial charge is 0.330 e. The summed E-state index contributed by atoms with van der Waals surface area (Å²) < 4.78 is 11.5. The Balaban J connectivity index is 1.37. The van der Waals surface area contributed by atoms with Gasteiger partial charge >= 0.3 is 11.9 Å². The summed E-state index contributed by atoms with van der Waals surface area (Å²) in [5.74, 6) is -1.89. The number of allylic oxidation sites excluding steroid dienone is 1. The molecule has 6 aliphatic rings. The molecular formula is C30H44O8. The average Bonchev–Trinajstić information content (AvgIpc) is 3.40. The van der Waals surface area contributed by atoms with Gasteiger partial charge < -0.3 is 29.9 Å². The Kier molecular flexibility index (Phi) is 5.51. The van der Waals surface area contributed by atoms with Crippen LogP contribution in [-0.2, 0) is 19.1 Å². The Labute approximate surface area is 224 Å². The summed E-state index contributed by atoms with van der Waals surface area (Å²) >= 11 is 0. The predicted octanol–water partition coefficient (Wildman–Crippen LogP) is 2.50. The van der Waals surface area contributed by atoms with E-state index in [-0.39, 0.29) is 41.2 Å². The third kappa shape index (κ3) is 3.01. The number of cyclic esters (lactones) is 2. The first-order chi connectivity index (χ1) is 17.6. The summed E-state index contributed by atoms with van der Waals surface area (Å²) in [4.78, 5) is 25.0. The first kappa shape index (κ1) is 26.7. The highest BCUT2D eigenvalue weighted by Gasteiger charge is 2.85. The maximum Gasteiger partial charge on any atom is 0.330 e. The van der Waals surface area contributed by atoms with Crippen molar-refractivity contribution in [1.82, 2.24) is 0 Å². The van der Waals surface area contributed by atoms with Gasteiger partial charge in [0.15, 0.2) is 0 Å². The Morgan fingerprint density at radius 2 is 1.82 bits per heavy atom. The lowest BCUT2D eigenvalue weighted by molar-refractivity contribution is -0.240. The molecule has 12 atom stereocenters. The number of carbonyl (C=O) groups is 2. The molecule has 212 valence electrons. The van der Waals surface area contributed by atoms with Crippen LogP contribution in [0.25, 0.3) is 0 Å². The van der Waals surface area contributed by atoms with Gasteiger partial charge in [-0.3, -0.25) is 4.79 Å². The van der Waals surface area contributed by atoms with Crippen molar-refractivity contribution >= 4 is 11.9 Å². The van der Waals surface area contributed by atoms with Gasteiger partial charge in [-0.05, 0) is 88.4 Å². The maximum atomic E-state index is 12.5. The quantitative estimate of drug-likeness (QED) is 0.408. The van der Waals surface area contributed by atoms with Gasteiger partial charge in [0.1, 0.15) is 17.3 Å². The lowest BCUT2D eigenvalue weighted by Crippen LogP contribution is -2.66. The number of rotatable bonds is 3. The topological polar surface area (TPSA) is 134 Å². The standard InChI is InChI=1S/C30H44O8/c1-25(2)23-17(32)12-19-26(3)10-8-18(28(5,36)21-7-6-16(14-31)24(35)37-21)27(26,4)20(33)13-30(19)15-29(23,30)11-9-22(34)38-25/h9,11,16-21,23,31-33,36H,6-8,10,12-15H2,1-5H3/t16-,17-,18-,19-,20-,21+,23-,26-,27-,28+,29+,30-/m0/s1. The van der Waals surface area contributed by atoms with Gasteiger partial charge in [0.25, 0.3) is 0 Å². The van der Waals surface area contributed by atoms with Crippen LogP contribution in [0.1, 0.15) is 79.6 Å². The van der Waals surface area contributed by atoms with E-state index < -0.39 is 52.2 Å². The molecular weight excluding hydrogens is 488 g/mol. The van der Waals surface area contributed by atoms with Gasteiger partial charge in [0.05, 0.1) is 24.7 Å². The van der Waals surface area contributed by atoms with Gasteiger partial charge in [-0.1, -0.05) is 19.9 Å². The zero-order valence-corrected chi connectivity index (χ0v) is 23.3. The summed E-state index contributed by atoms with van der Waals surface area (Å²) in [6.07, 6.45) is 5.71. The summed E-state index contributed by atoms with van der Waals surface area (Å²) in [5.41, 5.74) is -3.90. The van der Waals surface area contributed by atoms with Crippen LogP contribution in [0.2, 0.25) is 0 Å². The fourth-order valence-electron chi connectivity index (χ4n) is 11.1. The largest absolute Gasteiger partial charge is 0.459 e. The monoisotopic (exact) mass is 532 g/mol. The van der Waals surface area contributed by atoms with E-state index >= 15 is 0 Å². The van der Waals surface area contributed by atoms with Crippen molar-refractivity contribution in [1.29, 1.82) is 0 Å². The Morgan fingerprint density at radius 1 is 1.11 bits per heavy atom. The lowest BCUT2D eigenvalue weighted by Gasteiger charge is -2.64. The fraction of sp³-hybridized carbons (Fsp3) is 0.867. The predicted molar refractivity (Wildman–Crippen MR) is 136 cm³/mol. The fourth-order valence-corrected chi connectivity index (χ4v) is 11.1. The van der Waals surface area contributed by atoms with Crippen molar-refractivity contribution in [3.63, 3.8) is 0 Å². The van der Waals surface area contributed by atoms with Crippen LogP contribution in [0, 0.1) is 45.3 Å². The minimum atomic E-state index is -1.35. The molecule has 0 aromatic carbocycles. The summed E-state index contributed by atoms with van der Waals surface area (Å²) in [5, 5.41) is 45.2. The van der Waals surface area contributed by atoms with E-state index in [0.29, 0.717) is 32.1 Å². The molecule has 4 aliphatic carbocycles. The van der Waals surface area contributed by atoms with Crippen LogP contribution in [0.5, 0.6) is 0 Å². The minimum Gasteiger partial charge on any atom is -0.459 e. The first-order valence-electron chi connectivity index (χ1n) is 14.4. The molecule has 0 aromatic rings. The van der Waals surface area contributed by atoms with Gasteiger partial charge in [-0.25, -0.2) is 4.79 Å². The molecule has 0 unspecified atom stereocenters. The molecule has 5 fully saturated rings. The zero-order valence-electron chi connectivity index (χ0n) is 23.3. The number of fused-ring (bicyclic) bond motifs is 2. The molecule has 6 rings (SSSR count). The van der Waals surface area contributed by atoms with Gasteiger partial charge in [-0.15, -0.1) is 0 Å². The lowest BCUT2D eigenvalue weighted by atomic mass is 9.42. The van der Waals surface area contributed by atoms with E-state index in [0.717, 1.165) is 12.8 Å². The van der Waals surface area contributed by atoms with Crippen molar-refractivity contribution in [2.45, 2.75) is 109 Å². The van der Waals surface area contributed by atoms with Crippen LogP contribution >= 0.6 is 0 Å². The molecule has 2 spiro atoms. The minimum absolute atomic E-state index is 0.0942. The molecule has 38 heavy (non-hydrogen) atoms. The number of carbonyl (C=O) groups excluding carboxylic acids is 2. The van der Waals surface area contributed by atoms with E-state index in [2.05, 4.69) is 13.8 Å². The summed E-state index contributed by atoms with van der Waals surface area (Å²) in [7, 11) is 0. The Bertz CT molecular complexity index is 1080. The van der Waals surface area contributed by atoms with E-state index in [1.807, 2.05) is 19.9 Å². The van der Waals surface area contributed by atoms with Gasteiger partial charge in [-0.2, -0.15) is 0 Å². The van der Waals surface area contributed by atoms with Crippen molar-refractivity contribution < 1.29 is 39.5 Å². The molecule has 2 heterocycles. The Hall–Kier alpha value is -1.48. The highest BCUT2D eigenvalue weighted by Crippen LogP contribution is 2.87. The molecule has 4 N–H and O–H groups in total. The maximum absolute atomic E-state index is 12.5. The van der Waals surface area contributed by atoms with Crippen LogP contribution < -0.4 is 0 Å². The second kappa shape index (κ2) is 7.83. The van der Waals surface area contributed by atoms with E-state index in [1.54, 1.807) is 6.92 Å². The molecule has 0 amide bonds. The molecule has 2 aliphatic heterocycles. The first-order valence-corrected chi connectivity index (χ1v) is 14.4. The van der Waals surface area contributed by atoms with Crippen molar-refractivity contribution in [3.05, 3.63) is 12.2 Å². The van der Waals surface area contributed by atoms with Gasteiger partial charge in [0, 0.05) is 22.8 Å². The molecule has 4 saturated carbocycles. The number of hydrogen-bond donors (Lipinski definition) is 4. The second-order valence-corrected chi connectivity index (χ2v) is 14.7. The van der Waals surface area contributed by atoms with Crippen LogP contribution in [0.3, 0.4) is 0 Å². The van der Waals surface area contributed by atoms with Crippen molar-refractivity contribution in [3.8, 4) is 0 Å². The van der Waals surface area contributed by atoms with Crippen LogP contribution in [-0.4, -0.2) is 68.5 Å². The molecule has 0 radical (unpaired) electrons. The summed E-state index contributed by atoms with van der Waals surface area (Å²) in [6, 6.07) is 0. The molecule has 0 aromatic heterocycles. The third-order valence-corrected chi connectivity index (χ3v) is 13.0. The molecule has 1 saturated heterocycles. The van der Waals surface area contributed by atoms with E-state index in [9.17, 15) is 30.0 Å². The molecule has 8 nitrogen and oxygen atoms in total. The third-order valence-electron chi connectivity index (χ3n) is 13.0. The zero-order chi connectivity index (χ0) is 27.7. The molecule has 0 bridgehead atoms. The SMILES string of the molecule is CC1(C)OC(=O)C=C[C@]23C[C@]24C[C@H](O)[C@]2(C)[C@@H]([C@@](C)(O)[C@H]5CC[C@@H](CO)C(=O)O5)CC[C@@]2(C)[C@@H]4C[C@H](O)[C@@H]13. The Morgan fingerprint density at radius 3 is 2.47 bits per heavy atom. The van der Waals surface area contributed by atoms with Crippen molar-refractivity contribution in [2.75, 3.05) is 6.61 Å². The van der Waals surface area contributed by atoms with Crippen molar-refractivity contribution in [2.24, 2.45) is 45.3 Å². The van der Waals surface area contributed by atoms with E-state index in [4.69, 9.17) is 9.47 Å². The van der Waals surface area contributed by atoms with Crippen LogP contribution in [0.4, 0.5) is 0 Å². The highest BCUT2D eigenvalue weighted by molar-refractivity contribution is 5.83. The number of aliphatic hydroxyl groups is 4. The second-order valence-electron chi connectivity index (χ2n) is 14.7. The number of hydrogen-bond acceptors (Lipinski definition) is 8. The van der Waals surface area contributed by atoms with E-state index in [1.165, 1.54) is 6.08 Å². The highest BCUT2D eigenvalue weighted by atomic mass is 16.6. The number of ether oxygens (including phenoxy) is 2. The van der Waals surface area contributed by atoms with Gasteiger partial charge in [0.2, 0.25) is 0 Å².